The Labute approximate surface area is 164 Å². The maximum Gasteiger partial charge on any atom is 0.257 e. The number of fused-ring (bicyclic) bond motifs is 1. The summed E-state index contributed by atoms with van der Waals surface area (Å²) in [7, 11) is 0. The number of thiophene rings is 1. The number of rotatable bonds is 5. The van der Waals surface area contributed by atoms with Gasteiger partial charge >= 0.3 is 0 Å². The molecular weight excluding hydrogens is 376 g/mol. The number of aromatic nitrogens is 5. The van der Waals surface area contributed by atoms with Crippen LogP contribution in [0, 0.1) is 6.92 Å². The van der Waals surface area contributed by atoms with Crippen LogP contribution in [0.3, 0.4) is 0 Å². The third-order valence-electron chi connectivity index (χ3n) is 4.39. The van der Waals surface area contributed by atoms with Gasteiger partial charge in [0.25, 0.3) is 5.91 Å². The Morgan fingerprint density at radius 1 is 1.25 bits per heavy atom. The molecule has 1 N–H and O–H groups in total. The van der Waals surface area contributed by atoms with E-state index in [2.05, 4.69) is 20.6 Å². The van der Waals surface area contributed by atoms with Crippen molar-refractivity contribution in [1.29, 1.82) is 0 Å². The molecule has 4 aromatic heterocycles. The summed E-state index contributed by atoms with van der Waals surface area (Å²) < 4.78 is 3.46. The summed E-state index contributed by atoms with van der Waals surface area (Å²) in [5.74, 6) is -0.445. The Kier molecular flexibility index (Phi) is 4.74. The molecular formula is C19H18N6O2S. The van der Waals surface area contributed by atoms with Crippen LogP contribution in [0.5, 0.6) is 0 Å². The van der Waals surface area contributed by atoms with Crippen LogP contribution in [0.25, 0.3) is 16.7 Å². The first-order chi connectivity index (χ1) is 13.6. The number of amides is 1. The third-order valence-corrected chi connectivity index (χ3v) is 5.06. The van der Waals surface area contributed by atoms with Crippen LogP contribution in [0.15, 0.2) is 46.1 Å². The van der Waals surface area contributed by atoms with Crippen molar-refractivity contribution >= 4 is 28.3 Å². The van der Waals surface area contributed by atoms with E-state index in [1.165, 1.54) is 0 Å². The van der Waals surface area contributed by atoms with Gasteiger partial charge in [0.2, 0.25) is 5.43 Å². The summed E-state index contributed by atoms with van der Waals surface area (Å²) in [4.78, 5) is 29.9. The molecule has 0 radical (unpaired) electrons. The lowest BCUT2D eigenvalue weighted by molar-refractivity contribution is 0.0949. The lowest BCUT2D eigenvalue weighted by Crippen LogP contribution is -2.29. The first-order valence-electron chi connectivity index (χ1n) is 8.79. The summed E-state index contributed by atoms with van der Waals surface area (Å²) in [5, 5.41) is 15.2. The van der Waals surface area contributed by atoms with Crippen molar-refractivity contribution in [2.24, 2.45) is 0 Å². The van der Waals surface area contributed by atoms with Gasteiger partial charge in [-0.2, -0.15) is 11.3 Å². The van der Waals surface area contributed by atoms with E-state index in [4.69, 9.17) is 0 Å². The van der Waals surface area contributed by atoms with E-state index in [-0.39, 0.29) is 17.5 Å². The van der Waals surface area contributed by atoms with E-state index >= 15 is 0 Å². The van der Waals surface area contributed by atoms with Crippen LogP contribution in [-0.2, 0) is 13.1 Å². The van der Waals surface area contributed by atoms with Crippen molar-refractivity contribution in [1.82, 2.24) is 29.9 Å². The number of nitrogens with one attached hydrogen (secondary N) is 1. The number of pyridine rings is 2. The molecule has 4 aromatic rings. The van der Waals surface area contributed by atoms with Gasteiger partial charge in [-0.25, -0.2) is 9.67 Å². The summed E-state index contributed by atoms with van der Waals surface area (Å²) in [6.07, 6.45) is 3.31. The number of carbonyl (C=O) groups is 1. The zero-order valence-corrected chi connectivity index (χ0v) is 16.2. The molecule has 28 heavy (non-hydrogen) atoms. The highest BCUT2D eigenvalue weighted by Gasteiger charge is 2.16. The first-order valence-corrected chi connectivity index (χ1v) is 9.74. The highest BCUT2D eigenvalue weighted by atomic mass is 32.1. The molecule has 0 saturated carbocycles. The van der Waals surface area contributed by atoms with Crippen molar-refractivity contribution in [3.8, 4) is 5.69 Å². The largest absolute Gasteiger partial charge is 0.346 e. The third kappa shape index (κ3) is 3.31. The first kappa shape index (κ1) is 18.1. The fourth-order valence-corrected chi connectivity index (χ4v) is 3.54. The smallest absolute Gasteiger partial charge is 0.257 e. The Morgan fingerprint density at radius 3 is 2.86 bits per heavy atom. The molecule has 1 amide bonds. The van der Waals surface area contributed by atoms with E-state index in [0.29, 0.717) is 23.3 Å². The van der Waals surface area contributed by atoms with Crippen LogP contribution in [0.2, 0.25) is 0 Å². The van der Waals surface area contributed by atoms with E-state index in [9.17, 15) is 9.59 Å². The van der Waals surface area contributed by atoms with Gasteiger partial charge in [0.15, 0.2) is 0 Å². The van der Waals surface area contributed by atoms with Crippen molar-refractivity contribution in [3.05, 3.63) is 68.5 Å². The number of nitrogens with zero attached hydrogens (tertiary/aromatic N) is 5. The highest BCUT2D eigenvalue weighted by molar-refractivity contribution is 7.08. The van der Waals surface area contributed by atoms with E-state index in [0.717, 1.165) is 11.4 Å². The van der Waals surface area contributed by atoms with Gasteiger partial charge in [-0.05, 0) is 37.4 Å². The predicted molar refractivity (Wildman–Crippen MR) is 107 cm³/mol. The maximum absolute atomic E-state index is 12.8. The molecule has 0 atom stereocenters. The van der Waals surface area contributed by atoms with Crippen LogP contribution in [0.4, 0.5) is 0 Å². The number of hydrogen-bond donors (Lipinski definition) is 1. The fourth-order valence-electron chi connectivity index (χ4n) is 2.92. The SMILES string of the molecule is CCn1cc(C(=O)NCc2cn(-c3ccsc3)nn2)c(=O)c2ccc(C)nc21. The van der Waals surface area contributed by atoms with E-state index in [1.54, 1.807) is 40.5 Å². The summed E-state index contributed by atoms with van der Waals surface area (Å²) in [6.45, 7) is 4.59. The second kappa shape index (κ2) is 7.35. The molecule has 9 heteroatoms. The summed E-state index contributed by atoms with van der Waals surface area (Å²) >= 11 is 1.57. The second-order valence-corrected chi connectivity index (χ2v) is 7.08. The van der Waals surface area contributed by atoms with Crippen molar-refractivity contribution < 1.29 is 4.79 Å². The van der Waals surface area contributed by atoms with Gasteiger partial charge in [-0.15, -0.1) is 5.10 Å². The molecule has 0 aliphatic rings. The van der Waals surface area contributed by atoms with Gasteiger partial charge in [0, 0.05) is 23.8 Å². The predicted octanol–water partition coefficient (Wildman–Crippen LogP) is 2.30. The second-order valence-electron chi connectivity index (χ2n) is 6.30. The van der Waals surface area contributed by atoms with Crippen molar-refractivity contribution in [2.75, 3.05) is 0 Å². The normalized spacial score (nSPS) is 11.1. The average molecular weight is 394 g/mol. The lowest BCUT2D eigenvalue weighted by Gasteiger charge is -2.11. The molecule has 0 aliphatic carbocycles. The molecule has 142 valence electrons. The molecule has 0 unspecified atom stereocenters. The minimum absolute atomic E-state index is 0.0882. The van der Waals surface area contributed by atoms with Crippen LogP contribution in [-0.4, -0.2) is 30.5 Å². The van der Waals surface area contributed by atoms with Crippen LogP contribution < -0.4 is 10.7 Å². The topological polar surface area (TPSA) is 94.7 Å². The molecule has 0 aromatic carbocycles. The number of aryl methyl sites for hydroxylation is 2. The Balaban J connectivity index is 1.58. The molecule has 0 aliphatic heterocycles. The van der Waals surface area contributed by atoms with Gasteiger partial charge in [0.1, 0.15) is 16.9 Å². The summed E-state index contributed by atoms with van der Waals surface area (Å²) in [6, 6.07) is 5.42. The van der Waals surface area contributed by atoms with Gasteiger partial charge in [-0.1, -0.05) is 5.21 Å². The van der Waals surface area contributed by atoms with Crippen LogP contribution in [0.1, 0.15) is 28.7 Å². The highest BCUT2D eigenvalue weighted by Crippen LogP contribution is 2.12. The van der Waals surface area contributed by atoms with Gasteiger partial charge in [0.05, 0.1) is 23.8 Å². The standard InChI is InChI=1S/C19H18N6O2S/c1-3-24-10-16(17(26)15-5-4-12(2)21-18(15)24)19(27)20-8-13-9-25(23-22-13)14-6-7-28-11-14/h4-7,9-11H,3,8H2,1-2H3,(H,20,27). The van der Waals surface area contributed by atoms with Gasteiger partial charge < -0.3 is 9.88 Å². The minimum atomic E-state index is -0.445. The van der Waals surface area contributed by atoms with E-state index < -0.39 is 5.91 Å². The molecule has 0 fully saturated rings. The molecule has 8 nitrogen and oxygen atoms in total. The molecule has 0 spiro atoms. The lowest BCUT2D eigenvalue weighted by atomic mass is 10.1. The number of carbonyl (C=O) groups excluding carboxylic acids is 1. The fraction of sp³-hybridized carbons (Fsp3) is 0.211. The van der Waals surface area contributed by atoms with Gasteiger partial charge in [-0.3, -0.25) is 9.59 Å². The zero-order valence-electron chi connectivity index (χ0n) is 15.4. The monoisotopic (exact) mass is 394 g/mol. The minimum Gasteiger partial charge on any atom is -0.346 e. The quantitative estimate of drug-likeness (QED) is 0.560. The molecule has 0 bridgehead atoms. The molecule has 0 saturated heterocycles. The van der Waals surface area contributed by atoms with E-state index in [1.807, 2.05) is 35.2 Å². The Bertz CT molecular complexity index is 1210. The van der Waals surface area contributed by atoms with Crippen LogP contribution >= 0.6 is 11.3 Å². The van der Waals surface area contributed by atoms with Crippen molar-refractivity contribution in [2.45, 2.75) is 26.9 Å². The Hall–Kier alpha value is -3.33. The van der Waals surface area contributed by atoms with Crippen molar-refractivity contribution in [3.63, 3.8) is 0 Å². The number of hydrogen-bond acceptors (Lipinski definition) is 6. The Morgan fingerprint density at radius 2 is 2.11 bits per heavy atom. The summed E-state index contributed by atoms with van der Waals surface area (Å²) in [5.41, 5.74) is 2.69. The average Bonchev–Trinajstić information content (AvgIpc) is 3.38. The molecule has 4 heterocycles. The maximum atomic E-state index is 12.8. The molecule has 4 rings (SSSR count). The zero-order chi connectivity index (χ0) is 19.7.